The monoisotopic (exact) mass is 513 g/mol. The van der Waals surface area contributed by atoms with E-state index in [-0.39, 0.29) is 17.7 Å². The zero-order valence-corrected chi connectivity index (χ0v) is 22.9. The van der Waals surface area contributed by atoms with Crippen LogP contribution in [0.15, 0.2) is 103 Å². The number of fused-ring (bicyclic) bond motifs is 1. The highest BCUT2D eigenvalue weighted by atomic mass is 16.2. The first-order valence-electron chi connectivity index (χ1n) is 13.9. The molecule has 39 heavy (non-hydrogen) atoms. The van der Waals surface area contributed by atoms with E-state index in [0.29, 0.717) is 12.5 Å². The number of rotatable bonds is 8. The minimum absolute atomic E-state index is 0.0158. The molecule has 4 aromatic carbocycles. The van der Waals surface area contributed by atoms with Crippen LogP contribution < -0.4 is 4.90 Å². The molecular weight excluding hydrogens is 478 g/mol. The predicted octanol–water partition coefficient (Wildman–Crippen LogP) is 7.85. The Kier molecular flexibility index (Phi) is 6.78. The molecule has 1 amide bonds. The minimum Gasteiger partial charge on any atom is -0.307 e. The highest BCUT2D eigenvalue weighted by Gasteiger charge is 2.46. The van der Waals surface area contributed by atoms with E-state index in [9.17, 15) is 4.79 Å². The lowest BCUT2D eigenvalue weighted by molar-refractivity contribution is -0.120. The summed E-state index contributed by atoms with van der Waals surface area (Å²) in [6, 6.07) is 33.8. The topological polar surface area (TPSA) is 38.1 Å². The quantitative estimate of drug-likeness (QED) is 0.212. The van der Waals surface area contributed by atoms with Gasteiger partial charge in [0.05, 0.1) is 24.8 Å². The van der Waals surface area contributed by atoms with Crippen molar-refractivity contribution in [2.75, 3.05) is 4.90 Å². The van der Waals surface area contributed by atoms with Crippen LogP contribution in [-0.2, 0) is 17.9 Å². The third-order valence-electron chi connectivity index (χ3n) is 7.93. The van der Waals surface area contributed by atoms with Crippen LogP contribution in [-0.4, -0.2) is 15.7 Å². The summed E-state index contributed by atoms with van der Waals surface area (Å²) in [4.78, 5) is 16.2. The molecular formula is C35H35N3O. The van der Waals surface area contributed by atoms with Gasteiger partial charge in [-0.25, -0.2) is 0 Å². The van der Waals surface area contributed by atoms with Gasteiger partial charge in [-0.3, -0.25) is 9.48 Å². The molecule has 0 N–H and O–H groups in total. The van der Waals surface area contributed by atoms with Crippen molar-refractivity contribution in [3.8, 4) is 0 Å². The van der Waals surface area contributed by atoms with E-state index in [2.05, 4.69) is 103 Å². The van der Waals surface area contributed by atoms with Gasteiger partial charge in [0.15, 0.2) is 0 Å². The van der Waals surface area contributed by atoms with Crippen molar-refractivity contribution in [1.29, 1.82) is 0 Å². The third-order valence-corrected chi connectivity index (χ3v) is 7.93. The molecule has 0 aliphatic heterocycles. The van der Waals surface area contributed by atoms with E-state index in [4.69, 9.17) is 0 Å². The Balaban J connectivity index is 1.29. The number of carbonyl (C=O) groups excluding carboxylic acids is 1. The Hall–Kier alpha value is -4.18. The van der Waals surface area contributed by atoms with Gasteiger partial charge in [-0.1, -0.05) is 104 Å². The van der Waals surface area contributed by atoms with Crippen LogP contribution in [0.25, 0.3) is 10.9 Å². The number of amides is 1. The van der Waals surface area contributed by atoms with Crippen LogP contribution in [0.2, 0.25) is 0 Å². The second kappa shape index (κ2) is 10.5. The van der Waals surface area contributed by atoms with Crippen molar-refractivity contribution < 1.29 is 4.79 Å². The van der Waals surface area contributed by atoms with Crippen LogP contribution in [0.3, 0.4) is 0 Å². The molecule has 0 unspecified atom stereocenters. The molecule has 1 heterocycles. The molecule has 1 aromatic heterocycles. The van der Waals surface area contributed by atoms with E-state index in [0.717, 1.165) is 35.1 Å². The van der Waals surface area contributed by atoms with Crippen LogP contribution in [0.1, 0.15) is 59.9 Å². The highest BCUT2D eigenvalue weighted by molar-refractivity contribution is 5.98. The van der Waals surface area contributed by atoms with Crippen LogP contribution in [0, 0.1) is 12.8 Å². The van der Waals surface area contributed by atoms with Gasteiger partial charge in [-0.05, 0) is 59.6 Å². The van der Waals surface area contributed by atoms with Gasteiger partial charge in [-0.15, -0.1) is 0 Å². The lowest BCUT2D eigenvalue weighted by Gasteiger charge is -2.27. The Morgan fingerprint density at radius 1 is 0.923 bits per heavy atom. The van der Waals surface area contributed by atoms with E-state index in [1.54, 1.807) is 0 Å². The average Bonchev–Trinajstić information content (AvgIpc) is 3.67. The Bertz CT molecular complexity index is 1600. The molecule has 1 aliphatic carbocycles. The molecule has 0 saturated heterocycles. The summed E-state index contributed by atoms with van der Waals surface area (Å²) >= 11 is 0. The molecule has 0 bridgehead atoms. The number of nitrogens with zero attached hydrogens (tertiary/aromatic N) is 3. The zero-order chi connectivity index (χ0) is 26.9. The fourth-order valence-electron chi connectivity index (χ4n) is 5.67. The number of benzene rings is 4. The number of carbonyl (C=O) groups is 1. The first kappa shape index (κ1) is 25.1. The van der Waals surface area contributed by atoms with Gasteiger partial charge < -0.3 is 4.90 Å². The number of hydrogen-bond acceptors (Lipinski definition) is 2. The van der Waals surface area contributed by atoms with Crippen molar-refractivity contribution >= 4 is 22.5 Å². The first-order chi connectivity index (χ1) is 19.0. The predicted molar refractivity (Wildman–Crippen MR) is 159 cm³/mol. The molecule has 1 saturated carbocycles. The van der Waals surface area contributed by atoms with Crippen molar-refractivity contribution in [3.63, 3.8) is 0 Å². The summed E-state index contributed by atoms with van der Waals surface area (Å²) in [6.07, 6.45) is 2.81. The van der Waals surface area contributed by atoms with Gasteiger partial charge in [0.2, 0.25) is 5.91 Å². The molecule has 0 spiro atoms. The van der Waals surface area contributed by atoms with Crippen molar-refractivity contribution in [1.82, 2.24) is 9.78 Å². The fraction of sp³-hybridized carbons (Fsp3) is 0.257. The number of aromatic nitrogens is 2. The van der Waals surface area contributed by atoms with Gasteiger partial charge in [-0.2, -0.15) is 5.10 Å². The maximum atomic E-state index is 14.2. The molecule has 1 fully saturated rings. The normalized spacial score (nSPS) is 16.5. The molecule has 196 valence electrons. The summed E-state index contributed by atoms with van der Waals surface area (Å²) in [6.45, 7) is 7.84. The van der Waals surface area contributed by atoms with Gasteiger partial charge in [0.1, 0.15) is 0 Å². The molecule has 2 atom stereocenters. The van der Waals surface area contributed by atoms with E-state index in [1.165, 1.54) is 22.3 Å². The Morgan fingerprint density at radius 2 is 1.64 bits per heavy atom. The fourth-order valence-corrected chi connectivity index (χ4v) is 5.67. The van der Waals surface area contributed by atoms with Crippen molar-refractivity contribution in [2.24, 2.45) is 5.92 Å². The van der Waals surface area contributed by atoms with Crippen LogP contribution in [0.4, 0.5) is 5.69 Å². The Morgan fingerprint density at radius 3 is 2.36 bits per heavy atom. The standard InChI is InChI=1S/C35H35N3O/c1-24(2)30-18-25(3)14-17-33(30)37(22-26-10-6-4-7-11-26)35(39)32-20-31(32)28-15-16-29-21-36-38(34(29)19-28)23-27-12-8-5-9-13-27/h4-19,21,24,31-32H,20,22-23H2,1-3H3/t31-,32+/m0/s1. The molecule has 4 heteroatoms. The summed E-state index contributed by atoms with van der Waals surface area (Å²) in [5.74, 6) is 0.756. The van der Waals surface area contributed by atoms with E-state index >= 15 is 0 Å². The van der Waals surface area contributed by atoms with Gasteiger partial charge in [0.25, 0.3) is 0 Å². The van der Waals surface area contributed by atoms with Gasteiger partial charge in [0, 0.05) is 17.0 Å². The van der Waals surface area contributed by atoms with Crippen LogP contribution >= 0.6 is 0 Å². The second-order valence-corrected chi connectivity index (χ2v) is 11.2. The number of hydrogen-bond donors (Lipinski definition) is 0. The maximum absolute atomic E-state index is 14.2. The molecule has 4 nitrogen and oxygen atoms in total. The lowest BCUT2D eigenvalue weighted by Crippen LogP contribution is -2.33. The second-order valence-electron chi connectivity index (χ2n) is 11.2. The Labute approximate surface area is 230 Å². The average molecular weight is 514 g/mol. The summed E-state index contributed by atoms with van der Waals surface area (Å²) in [5, 5.41) is 5.78. The summed E-state index contributed by atoms with van der Waals surface area (Å²) < 4.78 is 2.07. The molecule has 0 radical (unpaired) electrons. The SMILES string of the molecule is Cc1ccc(N(Cc2ccccc2)C(=O)[C@@H]2C[C@H]2c2ccc3cnn(Cc4ccccc4)c3c2)c(C(C)C)c1. The van der Waals surface area contributed by atoms with Crippen molar-refractivity contribution in [2.45, 2.75) is 52.1 Å². The largest absolute Gasteiger partial charge is 0.307 e. The van der Waals surface area contributed by atoms with Gasteiger partial charge >= 0.3 is 0 Å². The minimum atomic E-state index is -0.0158. The van der Waals surface area contributed by atoms with Crippen LogP contribution in [0.5, 0.6) is 0 Å². The molecule has 5 aromatic rings. The van der Waals surface area contributed by atoms with E-state index < -0.39 is 0 Å². The number of aryl methyl sites for hydroxylation is 1. The maximum Gasteiger partial charge on any atom is 0.231 e. The highest BCUT2D eigenvalue weighted by Crippen LogP contribution is 2.50. The molecule has 1 aliphatic rings. The number of anilines is 1. The smallest absolute Gasteiger partial charge is 0.231 e. The molecule has 6 rings (SSSR count). The summed E-state index contributed by atoms with van der Waals surface area (Å²) in [7, 11) is 0. The first-order valence-corrected chi connectivity index (χ1v) is 13.9. The zero-order valence-electron chi connectivity index (χ0n) is 22.9. The van der Waals surface area contributed by atoms with E-state index in [1.807, 2.05) is 35.4 Å². The van der Waals surface area contributed by atoms with Crippen molar-refractivity contribution in [3.05, 3.63) is 131 Å². The lowest BCUT2D eigenvalue weighted by atomic mass is 9.97. The third kappa shape index (κ3) is 5.24. The summed E-state index contributed by atoms with van der Waals surface area (Å²) in [5.41, 5.74) is 8.19.